The van der Waals surface area contributed by atoms with Gasteiger partial charge < -0.3 is 5.32 Å². The van der Waals surface area contributed by atoms with Crippen LogP contribution in [0.5, 0.6) is 0 Å². The van der Waals surface area contributed by atoms with Crippen molar-refractivity contribution in [1.82, 2.24) is 10.3 Å². The largest absolute Gasteiger partial charge is 0.326 e. The molecule has 3 aromatic rings. The van der Waals surface area contributed by atoms with E-state index in [1.807, 2.05) is 37.3 Å². The van der Waals surface area contributed by atoms with Crippen molar-refractivity contribution in [2.45, 2.75) is 20.4 Å². The number of carbonyl (C=O) groups is 1. The average Bonchev–Trinajstić information content (AvgIpc) is 2.69. The van der Waals surface area contributed by atoms with Gasteiger partial charge in [-0.2, -0.15) is 0 Å². The van der Waals surface area contributed by atoms with Crippen LogP contribution in [0.1, 0.15) is 27.0 Å². The van der Waals surface area contributed by atoms with Crippen LogP contribution in [0.15, 0.2) is 72.0 Å². The van der Waals surface area contributed by atoms with Gasteiger partial charge in [-0.3, -0.25) is 15.1 Å². The number of nitrogens with zero attached hydrogens (tertiary/aromatic N) is 2. The first-order valence-electron chi connectivity index (χ1n) is 8.86. The Bertz CT molecular complexity index is 1000. The highest BCUT2D eigenvalue weighted by atomic mass is 35.5. The highest BCUT2D eigenvalue weighted by Crippen LogP contribution is 2.15. The van der Waals surface area contributed by atoms with E-state index in [-0.39, 0.29) is 5.91 Å². The number of aryl methyl sites for hydroxylation is 2. The summed E-state index contributed by atoms with van der Waals surface area (Å²) in [6, 6.07) is 16.6. The van der Waals surface area contributed by atoms with Crippen LogP contribution in [0.3, 0.4) is 0 Å². The number of aromatic nitrogens is 1. The van der Waals surface area contributed by atoms with Crippen LogP contribution in [0.2, 0.25) is 5.02 Å². The Labute approximate surface area is 169 Å². The Balaban J connectivity index is 1.82. The van der Waals surface area contributed by atoms with Gasteiger partial charge in [0.05, 0.1) is 6.54 Å². The molecule has 0 aliphatic rings. The van der Waals surface area contributed by atoms with Crippen molar-refractivity contribution in [2.24, 2.45) is 4.99 Å². The number of pyridine rings is 1. The van der Waals surface area contributed by atoms with Crippen LogP contribution in [-0.2, 0) is 6.54 Å². The van der Waals surface area contributed by atoms with Gasteiger partial charge in [-0.05, 0) is 73.0 Å². The fourth-order valence-electron chi connectivity index (χ4n) is 2.53. The molecule has 2 N–H and O–H groups in total. The van der Waals surface area contributed by atoms with Crippen LogP contribution < -0.4 is 10.6 Å². The van der Waals surface area contributed by atoms with E-state index in [1.165, 1.54) is 5.56 Å². The van der Waals surface area contributed by atoms with E-state index in [0.717, 1.165) is 16.8 Å². The molecule has 0 fully saturated rings. The third-order valence-corrected chi connectivity index (χ3v) is 4.49. The second kappa shape index (κ2) is 9.15. The summed E-state index contributed by atoms with van der Waals surface area (Å²) in [5, 5.41) is 6.55. The molecule has 1 heterocycles. The predicted molar refractivity (Wildman–Crippen MR) is 114 cm³/mol. The van der Waals surface area contributed by atoms with Crippen molar-refractivity contribution < 1.29 is 4.79 Å². The van der Waals surface area contributed by atoms with E-state index in [9.17, 15) is 4.79 Å². The number of amides is 1. The first-order valence-corrected chi connectivity index (χ1v) is 9.23. The second-order valence-corrected chi connectivity index (χ2v) is 6.85. The second-order valence-electron chi connectivity index (χ2n) is 6.41. The number of nitrogens with one attached hydrogen (secondary N) is 2. The van der Waals surface area contributed by atoms with Crippen molar-refractivity contribution in [2.75, 3.05) is 5.32 Å². The SMILES string of the molecule is Cc1ccc(NC(=NCc2ccncc2)NC(=O)c2cccc(Cl)c2)cc1C. The van der Waals surface area contributed by atoms with Crippen molar-refractivity contribution in [3.05, 3.63) is 94.3 Å². The maximum atomic E-state index is 12.6. The zero-order valence-electron chi connectivity index (χ0n) is 15.7. The van der Waals surface area contributed by atoms with E-state index < -0.39 is 0 Å². The van der Waals surface area contributed by atoms with Crippen molar-refractivity contribution >= 4 is 29.2 Å². The third kappa shape index (κ3) is 5.41. The van der Waals surface area contributed by atoms with Gasteiger partial charge in [0.2, 0.25) is 5.96 Å². The molecule has 0 radical (unpaired) electrons. The fraction of sp³-hybridized carbons (Fsp3) is 0.136. The molecule has 5 nitrogen and oxygen atoms in total. The molecule has 0 saturated carbocycles. The lowest BCUT2D eigenvalue weighted by atomic mass is 10.1. The summed E-state index contributed by atoms with van der Waals surface area (Å²) in [4.78, 5) is 21.2. The number of benzene rings is 2. The van der Waals surface area contributed by atoms with E-state index in [1.54, 1.807) is 36.7 Å². The van der Waals surface area contributed by atoms with E-state index in [4.69, 9.17) is 11.6 Å². The summed E-state index contributed by atoms with van der Waals surface area (Å²) in [6.07, 6.45) is 3.43. The molecule has 6 heteroatoms. The molecule has 1 aromatic heterocycles. The number of hydrogen-bond acceptors (Lipinski definition) is 3. The van der Waals surface area contributed by atoms with E-state index in [2.05, 4.69) is 27.5 Å². The summed E-state index contributed by atoms with van der Waals surface area (Å²) in [7, 11) is 0. The van der Waals surface area contributed by atoms with Gasteiger partial charge in [-0.1, -0.05) is 23.7 Å². The fourth-order valence-corrected chi connectivity index (χ4v) is 2.72. The molecule has 1 amide bonds. The standard InChI is InChI=1S/C22H21ClN4O/c1-15-6-7-20(12-16(15)2)26-22(25-14-17-8-10-24-11-9-17)27-21(28)18-4-3-5-19(23)13-18/h3-13H,14H2,1-2H3,(H2,25,26,27,28). The lowest BCUT2D eigenvalue weighted by molar-refractivity contribution is 0.0977. The molecule has 0 aliphatic heterocycles. The van der Waals surface area contributed by atoms with Gasteiger partial charge >= 0.3 is 0 Å². The molecule has 0 atom stereocenters. The number of halogens is 1. The monoisotopic (exact) mass is 392 g/mol. The first kappa shape index (κ1) is 19.6. The number of aliphatic imine (C=N–C) groups is 1. The predicted octanol–water partition coefficient (Wildman–Crippen LogP) is 4.75. The minimum absolute atomic E-state index is 0.285. The van der Waals surface area contributed by atoms with E-state index >= 15 is 0 Å². The Morgan fingerprint density at radius 1 is 1.04 bits per heavy atom. The molecule has 0 saturated heterocycles. The molecule has 3 rings (SSSR count). The summed E-state index contributed by atoms with van der Waals surface area (Å²) in [5.41, 5.74) is 4.66. The summed E-state index contributed by atoms with van der Waals surface area (Å²) >= 11 is 6.00. The molecule has 0 bridgehead atoms. The Hall–Kier alpha value is -3.18. The molecule has 142 valence electrons. The molecule has 0 spiro atoms. The lowest BCUT2D eigenvalue weighted by Crippen LogP contribution is -2.36. The van der Waals surface area contributed by atoms with Crippen molar-refractivity contribution in [3.63, 3.8) is 0 Å². The molecule has 0 unspecified atom stereocenters. The van der Waals surface area contributed by atoms with Gasteiger partial charge in [-0.15, -0.1) is 0 Å². The smallest absolute Gasteiger partial charge is 0.258 e. The van der Waals surface area contributed by atoms with Gasteiger partial charge in [0.1, 0.15) is 0 Å². The lowest BCUT2D eigenvalue weighted by Gasteiger charge is -2.13. The number of rotatable bonds is 4. The Morgan fingerprint density at radius 2 is 1.82 bits per heavy atom. The van der Waals surface area contributed by atoms with Crippen LogP contribution >= 0.6 is 11.6 Å². The zero-order valence-corrected chi connectivity index (χ0v) is 16.5. The minimum Gasteiger partial charge on any atom is -0.326 e. The number of guanidine groups is 1. The number of carbonyl (C=O) groups excluding carboxylic acids is 1. The van der Waals surface area contributed by atoms with Gasteiger partial charge in [0.15, 0.2) is 0 Å². The van der Waals surface area contributed by atoms with Crippen LogP contribution in [0.25, 0.3) is 0 Å². The van der Waals surface area contributed by atoms with Crippen molar-refractivity contribution in [1.29, 1.82) is 0 Å². The highest BCUT2D eigenvalue weighted by molar-refractivity contribution is 6.31. The first-order chi connectivity index (χ1) is 13.5. The quantitative estimate of drug-likeness (QED) is 0.497. The highest BCUT2D eigenvalue weighted by Gasteiger charge is 2.10. The van der Waals surface area contributed by atoms with Gasteiger partial charge in [0.25, 0.3) is 5.91 Å². The van der Waals surface area contributed by atoms with Crippen LogP contribution in [0, 0.1) is 13.8 Å². The minimum atomic E-state index is -0.285. The van der Waals surface area contributed by atoms with Crippen molar-refractivity contribution in [3.8, 4) is 0 Å². The molecular formula is C22H21ClN4O. The topological polar surface area (TPSA) is 66.4 Å². The maximum Gasteiger partial charge on any atom is 0.258 e. The van der Waals surface area contributed by atoms with Gasteiger partial charge in [-0.25, -0.2) is 4.99 Å². The summed E-state index contributed by atoms with van der Waals surface area (Å²) in [6.45, 7) is 4.50. The van der Waals surface area contributed by atoms with Gasteiger partial charge in [0, 0.05) is 28.7 Å². The molecule has 2 aromatic carbocycles. The normalized spacial score (nSPS) is 11.2. The van der Waals surface area contributed by atoms with Crippen LogP contribution in [0.4, 0.5) is 5.69 Å². The third-order valence-electron chi connectivity index (χ3n) is 4.26. The molecular weight excluding hydrogens is 372 g/mol. The average molecular weight is 393 g/mol. The Morgan fingerprint density at radius 3 is 2.54 bits per heavy atom. The summed E-state index contributed by atoms with van der Waals surface area (Å²) < 4.78 is 0. The molecule has 28 heavy (non-hydrogen) atoms. The Kier molecular flexibility index (Phi) is 6.40. The number of anilines is 1. The van der Waals surface area contributed by atoms with E-state index in [0.29, 0.717) is 23.1 Å². The summed E-state index contributed by atoms with van der Waals surface area (Å²) in [5.74, 6) is 0.0809. The zero-order chi connectivity index (χ0) is 19.9. The molecule has 0 aliphatic carbocycles. The maximum absolute atomic E-state index is 12.6. The number of hydrogen-bond donors (Lipinski definition) is 2. The van der Waals surface area contributed by atoms with Crippen LogP contribution in [-0.4, -0.2) is 16.9 Å².